The average Bonchev–Trinajstić information content (AvgIpc) is 3.51. The largest absolute Gasteiger partial charge is 0.472 e. The predicted molar refractivity (Wildman–Crippen MR) is 122 cm³/mol. The first kappa shape index (κ1) is 19.5. The van der Waals surface area contributed by atoms with Crippen LogP contribution < -0.4 is 20.2 Å². The van der Waals surface area contributed by atoms with Gasteiger partial charge in [0.2, 0.25) is 0 Å². The van der Waals surface area contributed by atoms with Crippen molar-refractivity contribution in [1.82, 2.24) is 4.57 Å². The van der Waals surface area contributed by atoms with Gasteiger partial charge >= 0.3 is 0 Å². The third kappa shape index (κ3) is 3.60. The number of nitrogens with one attached hydrogen (secondary N) is 1. The van der Waals surface area contributed by atoms with Gasteiger partial charge in [-0.1, -0.05) is 35.6 Å². The SMILES string of the molecule is CC1=C(C(=O)Nc2ccccc2)[C@@H](c2cccs2)n2c(sc(=Cc3ccoc3)c2=O)=N1. The number of anilines is 1. The van der Waals surface area contributed by atoms with Crippen LogP contribution in [0, 0.1) is 0 Å². The van der Waals surface area contributed by atoms with Gasteiger partial charge in [-0.25, -0.2) is 4.99 Å². The molecule has 0 spiro atoms. The minimum Gasteiger partial charge on any atom is -0.472 e. The summed E-state index contributed by atoms with van der Waals surface area (Å²) in [5.41, 5.74) is 2.38. The molecule has 0 fully saturated rings. The van der Waals surface area contributed by atoms with Gasteiger partial charge in [0, 0.05) is 16.1 Å². The summed E-state index contributed by atoms with van der Waals surface area (Å²) >= 11 is 2.82. The highest BCUT2D eigenvalue weighted by Gasteiger charge is 2.33. The van der Waals surface area contributed by atoms with Crippen molar-refractivity contribution < 1.29 is 9.21 Å². The van der Waals surface area contributed by atoms with E-state index in [4.69, 9.17) is 4.42 Å². The number of nitrogens with zero attached hydrogens (tertiary/aromatic N) is 2. The molecule has 8 heteroatoms. The quantitative estimate of drug-likeness (QED) is 0.520. The number of amides is 1. The van der Waals surface area contributed by atoms with Crippen LogP contribution in [0.5, 0.6) is 0 Å². The van der Waals surface area contributed by atoms with Gasteiger partial charge in [0.15, 0.2) is 4.80 Å². The maximum absolute atomic E-state index is 13.4. The molecule has 4 aromatic rings. The monoisotopic (exact) mass is 447 g/mol. The number of furan rings is 1. The summed E-state index contributed by atoms with van der Waals surface area (Å²) in [4.78, 5) is 32.8. The Kier molecular flexibility index (Phi) is 5.01. The van der Waals surface area contributed by atoms with Crippen molar-refractivity contribution >= 4 is 40.3 Å². The molecule has 31 heavy (non-hydrogen) atoms. The van der Waals surface area contributed by atoms with Crippen molar-refractivity contribution in [2.45, 2.75) is 13.0 Å². The van der Waals surface area contributed by atoms with Crippen LogP contribution in [0.1, 0.15) is 23.4 Å². The zero-order valence-electron chi connectivity index (χ0n) is 16.4. The lowest BCUT2D eigenvalue weighted by molar-refractivity contribution is -0.113. The lowest BCUT2D eigenvalue weighted by Gasteiger charge is -2.24. The number of aromatic nitrogens is 1. The Morgan fingerprint density at radius 3 is 2.74 bits per heavy atom. The van der Waals surface area contributed by atoms with E-state index in [1.165, 1.54) is 22.7 Å². The molecule has 5 rings (SSSR count). The van der Waals surface area contributed by atoms with Gasteiger partial charge in [0.1, 0.15) is 6.04 Å². The molecular formula is C23H17N3O3S2. The minimum absolute atomic E-state index is 0.180. The summed E-state index contributed by atoms with van der Waals surface area (Å²) in [5, 5.41) is 4.89. The molecule has 0 saturated heterocycles. The summed E-state index contributed by atoms with van der Waals surface area (Å²) in [6.07, 6.45) is 4.92. The third-order valence-corrected chi connectivity index (χ3v) is 6.86. The van der Waals surface area contributed by atoms with Gasteiger partial charge in [-0.2, -0.15) is 0 Å². The van der Waals surface area contributed by atoms with Crippen molar-refractivity contribution in [3.05, 3.63) is 108 Å². The molecule has 0 saturated carbocycles. The third-order valence-electron chi connectivity index (χ3n) is 4.95. The van der Waals surface area contributed by atoms with Crippen LogP contribution in [0.2, 0.25) is 0 Å². The lowest BCUT2D eigenvalue weighted by Crippen LogP contribution is -2.40. The number of fused-ring (bicyclic) bond motifs is 1. The molecule has 0 aliphatic carbocycles. The van der Waals surface area contributed by atoms with E-state index in [9.17, 15) is 9.59 Å². The highest BCUT2D eigenvalue weighted by Crippen LogP contribution is 2.33. The summed E-state index contributed by atoms with van der Waals surface area (Å²) in [5.74, 6) is -0.269. The molecule has 1 aliphatic heterocycles. The number of allylic oxidation sites excluding steroid dienone is 1. The van der Waals surface area contributed by atoms with Gasteiger partial charge in [0.05, 0.1) is 28.3 Å². The van der Waals surface area contributed by atoms with E-state index in [2.05, 4.69) is 10.3 Å². The number of carbonyl (C=O) groups excluding carboxylic acids is 1. The number of carbonyl (C=O) groups is 1. The number of thiazole rings is 1. The summed E-state index contributed by atoms with van der Waals surface area (Å²) in [7, 11) is 0. The molecule has 1 atom stereocenters. The lowest BCUT2D eigenvalue weighted by atomic mass is 10.0. The molecule has 1 aliphatic rings. The van der Waals surface area contributed by atoms with Gasteiger partial charge in [-0.05, 0) is 42.6 Å². The van der Waals surface area contributed by atoms with Crippen molar-refractivity contribution in [2.75, 3.05) is 5.32 Å². The van der Waals surface area contributed by atoms with Crippen LogP contribution in [-0.4, -0.2) is 10.5 Å². The van der Waals surface area contributed by atoms with Gasteiger partial charge in [-0.15, -0.1) is 11.3 Å². The summed E-state index contributed by atoms with van der Waals surface area (Å²) in [6.45, 7) is 1.81. The van der Waals surface area contributed by atoms with Gasteiger partial charge in [0.25, 0.3) is 11.5 Å². The number of hydrogen-bond donors (Lipinski definition) is 1. The Morgan fingerprint density at radius 2 is 2.03 bits per heavy atom. The maximum Gasteiger partial charge on any atom is 0.271 e. The first-order valence-electron chi connectivity index (χ1n) is 9.56. The zero-order chi connectivity index (χ0) is 21.4. The van der Waals surface area contributed by atoms with Crippen molar-refractivity contribution in [3.63, 3.8) is 0 Å². The van der Waals surface area contributed by atoms with E-state index in [1.54, 1.807) is 29.2 Å². The highest BCUT2D eigenvalue weighted by molar-refractivity contribution is 7.10. The molecule has 1 aromatic carbocycles. The Balaban J connectivity index is 1.66. The number of para-hydroxylation sites is 1. The number of benzene rings is 1. The van der Waals surface area contributed by atoms with Crippen LogP contribution >= 0.6 is 22.7 Å². The second kappa shape index (κ2) is 7.98. The Bertz CT molecular complexity index is 1440. The van der Waals surface area contributed by atoms with E-state index < -0.39 is 6.04 Å². The molecule has 4 heterocycles. The molecular weight excluding hydrogens is 430 g/mol. The van der Waals surface area contributed by atoms with E-state index in [-0.39, 0.29) is 11.5 Å². The molecule has 0 radical (unpaired) electrons. The Labute approximate surface area is 185 Å². The van der Waals surface area contributed by atoms with Crippen LogP contribution in [0.15, 0.2) is 91.9 Å². The molecule has 0 bridgehead atoms. The Morgan fingerprint density at radius 1 is 1.19 bits per heavy atom. The van der Waals surface area contributed by atoms with Gasteiger partial charge < -0.3 is 9.73 Å². The fourth-order valence-electron chi connectivity index (χ4n) is 3.56. The normalized spacial score (nSPS) is 16.2. The van der Waals surface area contributed by atoms with Crippen LogP contribution in [-0.2, 0) is 4.79 Å². The predicted octanol–water partition coefficient (Wildman–Crippen LogP) is 3.53. The fraction of sp³-hybridized carbons (Fsp3) is 0.0870. The fourth-order valence-corrected chi connectivity index (χ4v) is 5.43. The minimum atomic E-state index is -0.536. The molecule has 1 N–H and O–H groups in total. The molecule has 3 aromatic heterocycles. The molecule has 6 nitrogen and oxygen atoms in total. The summed E-state index contributed by atoms with van der Waals surface area (Å²) < 4.78 is 7.27. The topological polar surface area (TPSA) is 76.6 Å². The summed E-state index contributed by atoms with van der Waals surface area (Å²) in [6, 6.07) is 14.4. The van der Waals surface area contributed by atoms with Crippen molar-refractivity contribution in [2.24, 2.45) is 4.99 Å². The number of thiophene rings is 1. The van der Waals surface area contributed by atoms with E-state index in [0.29, 0.717) is 26.3 Å². The standard InChI is InChI=1S/C23H17N3O3S2/c1-14-19(21(27)25-16-6-3-2-4-7-16)20(17-8-5-11-30-17)26-22(28)18(31-23(26)24-14)12-15-9-10-29-13-15/h2-13,20H,1H3,(H,25,27)/t20-/m1/s1. The van der Waals surface area contributed by atoms with Crippen LogP contribution in [0.3, 0.4) is 0 Å². The van der Waals surface area contributed by atoms with Crippen LogP contribution in [0.4, 0.5) is 5.69 Å². The Hall–Kier alpha value is -3.49. The first-order valence-corrected chi connectivity index (χ1v) is 11.3. The van der Waals surface area contributed by atoms with Crippen molar-refractivity contribution in [1.29, 1.82) is 0 Å². The highest BCUT2D eigenvalue weighted by atomic mass is 32.1. The van der Waals surface area contributed by atoms with E-state index in [1.807, 2.05) is 54.8 Å². The van der Waals surface area contributed by atoms with Crippen LogP contribution in [0.25, 0.3) is 6.08 Å². The number of rotatable bonds is 4. The number of hydrogen-bond acceptors (Lipinski definition) is 6. The van der Waals surface area contributed by atoms with E-state index >= 15 is 0 Å². The average molecular weight is 448 g/mol. The zero-order valence-corrected chi connectivity index (χ0v) is 18.1. The molecule has 1 amide bonds. The van der Waals surface area contributed by atoms with Crippen molar-refractivity contribution in [3.8, 4) is 0 Å². The maximum atomic E-state index is 13.4. The van der Waals surface area contributed by atoms with E-state index in [0.717, 1.165) is 10.4 Å². The molecule has 0 unspecified atom stereocenters. The van der Waals surface area contributed by atoms with Gasteiger partial charge in [-0.3, -0.25) is 14.2 Å². The second-order valence-electron chi connectivity index (χ2n) is 6.97. The molecule has 154 valence electrons. The smallest absolute Gasteiger partial charge is 0.271 e. The second-order valence-corrected chi connectivity index (χ2v) is 8.96. The first-order chi connectivity index (χ1) is 15.1.